The van der Waals surface area contributed by atoms with E-state index in [-0.39, 0.29) is 51.7 Å². The van der Waals surface area contributed by atoms with Crippen LogP contribution in [0.1, 0.15) is 77.0 Å². The number of nitrogens with one attached hydrogen (secondary N) is 6. The lowest BCUT2D eigenvalue weighted by Crippen LogP contribution is -2.61. The summed E-state index contributed by atoms with van der Waals surface area (Å²) in [5, 5.41) is 43.6. The van der Waals surface area contributed by atoms with Gasteiger partial charge in [-0.25, -0.2) is 4.79 Å². The number of hydrogen-bond acceptors (Lipinski definition) is 15. The largest absolute Gasteiger partial charge is 0.480 e. The Morgan fingerprint density at radius 2 is 1.02 bits per heavy atom. The molecule has 19 N–H and O–H groups in total. The third kappa shape index (κ3) is 18.6. The number of aliphatic carboxylic acids is 1. The predicted molar refractivity (Wildman–Crippen MR) is 210 cm³/mol. The van der Waals surface area contributed by atoms with Crippen molar-refractivity contribution in [3.63, 3.8) is 0 Å². The van der Waals surface area contributed by atoms with Crippen molar-refractivity contribution in [3.8, 4) is 0 Å². The fraction of sp³-hybridized carbons (Fsp3) is 0.743. The molecule has 0 unspecified atom stereocenters. The molecule has 1 saturated heterocycles. The molecular weight excluding hydrogens is 780 g/mol. The number of hydrogen-bond donors (Lipinski definition) is 14. The van der Waals surface area contributed by atoms with E-state index in [2.05, 4.69) is 31.9 Å². The zero-order valence-corrected chi connectivity index (χ0v) is 33.3. The lowest BCUT2D eigenvalue weighted by Gasteiger charge is -2.30. The minimum Gasteiger partial charge on any atom is -0.480 e. The van der Waals surface area contributed by atoms with Crippen LogP contribution in [0.15, 0.2) is 0 Å². The van der Waals surface area contributed by atoms with E-state index in [9.17, 15) is 58.5 Å². The average Bonchev–Trinajstić information content (AvgIpc) is 3.70. The van der Waals surface area contributed by atoms with E-state index in [1.54, 1.807) is 0 Å². The maximum Gasteiger partial charge on any atom is 0.326 e. The molecular formula is C35H64N12O12. The van der Waals surface area contributed by atoms with Crippen molar-refractivity contribution < 1.29 is 58.5 Å². The molecule has 8 amide bonds. The van der Waals surface area contributed by atoms with Crippen molar-refractivity contribution in [2.45, 2.75) is 119 Å². The van der Waals surface area contributed by atoms with E-state index in [4.69, 9.17) is 28.7 Å². The van der Waals surface area contributed by atoms with Crippen LogP contribution in [0.25, 0.3) is 0 Å². The molecule has 59 heavy (non-hydrogen) atoms. The quantitative estimate of drug-likeness (QED) is 0.0299. The number of nitrogens with two attached hydrogens (primary N) is 5. The number of carboxylic acids is 1. The van der Waals surface area contributed by atoms with Crippen LogP contribution in [0.2, 0.25) is 0 Å². The third-order valence-electron chi connectivity index (χ3n) is 9.41. The molecule has 0 radical (unpaired) electrons. The third-order valence-corrected chi connectivity index (χ3v) is 9.41. The van der Waals surface area contributed by atoms with Gasteiger partial charge < -0.3 is 80.8 Å². The number of aliphatic hydroxyl groups is 2. The maximum absolute atomic E-state index is 13.9. The number of rotatable bonds is 30. The average molecular weight is 845 g/mol. The molecule has 0 aromatic rings. The first-order valence-electron chi connectivity index (χ1n) is 19.7. The molecule has 1 heterocycles. The summed E-state index contributed by atoms with van der Waals surface area (Å²) >= 11 is 0. The first-order valence-corrected chi connectivity index (χ1v) is 19.7. The Kier molecular flexibility index (Phi) is 25.1. The lowest BCUT2D eigenvalue weighted by molar-refractivity contribution is -0.145. The smallest absolute Gasteiger partial charge is 0.326 e. The van der Waals surface area contributed by atoms with Gasteiger partial charge in [0.1, 0.15) is 42.3 Å². The molecule has 0 aliphatic carbocycles. The molecule has 0 aromatic heterocycles. The molecule has 1 aliphatic heterocycles. The Labute approximate surface area is 342 Å². The number of carbonyl (C=O) groups is 9. The topological polar surface area (TPSA) is 420 Å². The number of unbranched alkanes of at least 4 members (excludes halogenated alkanes) is 3. The minimum atomic E-state index is -1.69. The minimum absolute atomic E-state index is 0.0628. The van der Waals surface area contributed by atoms with Gasteiger partial charge in [-0.1, -0.05) is 0 Å². The normalized spacial score (nSPS) is 16.6. The monoisotopic (exact) mass is 844 g/mol. The highest BCUT2D eigenvalue weighted by Crippen LogP contribution is 2.21. The summed E-state index contributed by atoms with van der Waals surface area (Å²) in [6.07, 6.45) is 2.56. The van der Waals surface area contributed by atoms with Crippen molar-refractivity contribution in [2.24, 2.45) is 28.7 Å². The first kappa shape index (κ1) is 52.0. The summed E-state index contributed by atoms with van der Waals surface area (Å²) in [4.78, 5) is 117. The summed E-state index contributed by atoms with van der Waals surface area (Å²) in [6, 6.07) is -9.81. The van der Waals surface area contributed by atoms with E-state index in [1.807, 2.05) is 0 Å². The number of nitrogens with zero attached hydrogens (tertiary/aromatic N) is 1. The zero-order chi connectivity index (χ0) is 44.5. The Morgan fingerprint density at radius 3 is 1.51 bits per heavy atom. The van der Waals surface area contributed by atoms with Gasteiger partial charge in [0, 0.05) is 6.54 Å². The fourth-order valence-electron chi connectivity index (χ4n) is 6.17. The standard InChI is InChI=1S/C35H64N12O12/c36-12-4-1-8-20(42-30(53)23(16-27(40)50)45-31(54)24(18-48)41-28(51)17-39)29(52)46-25(19-49)32(55)43-21(9-2-5-13-37)34(57)47-15-7-11-26(47)33(56)44-22(35(58)59)10-3-6-14-38/h20-26,48-49H,1-19,36-39H2,(H2,40,50)(H,41,51)(H,42,53)(H,43,55)(H,44,56)(H,45,54)(H,46,52)(H,58,59)/t20-,21-,22-,23-,24-,25-,26-/m0/s1. The second kappa shape index (κ2) is 28.4. The number of likely N-dealkylation sites (tertiary alicyclic amines) is 1. The zero-order valence-electron chi connectivity index (χ0n) is 33.3. The molecule has 24 heteroatoms. The first-order chi connectivity index (χ1) is 28.1. The van der Waals surface area contributed by atoms with Crippen LogP contribution in [-0.2, 0) is 43.2 Å². The van der Waals surface area contributed by atoms with Gasteiger partial charge in [-0.2, -0.15) is 0 Å². The number of primary amides is 1. The fourth-order valence-corrected chi connectivity index (χ4v) is 6.17. The van der Waals surface area contributed by atoms with Crippen molar-refractivity contribution >= 4 is 53.2 Å². The lowest BCUT2D eigenvalue weighted by atomic mass is 10.0. The number of carbonyl (C=O) groups excluding carboxylic acids is 8. The summed E-state index contributed by atoms with van der Waals surface area (Å²) in [6.45, 7) is -1.40. The second-order valence-electron chi connectivity index (χ2n) is 14.0. The van der Waals surface area contributed by atoms with Gasteiger partial charge in [-0.15, -0.1) is 0 Å². The molecule has 1 rings (SSSR count). The van der Waals surface area contributed by atoms with Crippen LogP contribution in [0.5, 0.6) is 0 Å². The van der Waals surface area contributed by atoms with E-state index in [1.165, 1.54) is 4.90 Å². The van der Waals surface area contributed by atoms with Crippen LogP contribution in [0.4, 0.5) is 0 Å². The van der Waals surface area contributed by atoms with Gasteiger partial charge in [0.15, 0.2) is 0 Å². The summed E-state index contributed by atoms with van der Waals surface area (Å²) in [5.41, 5.74) is 27.3. The summed E-state index contributed by atoms with van der Waals surface area (Å²) < 4.78 is 0. The van der Waals surface area contributed by atoms with E-state index in [0.717, 1.165) is 0 Å². The SMILES string of the molecule is NCCCC[C@H](NC(=O)[C@@H]1CCCN1C(=O)[C@H](CCCCN)NC(=O)[C@H](CO)NC(=O)[C@H](CCCCN)NC(=O)[C@H](CC(N)=O)NC(=O)[C@H](CO)NC(=O)CN)C(=O)O. The molecule has 336 valence electrons. The van der Waals surface area contributed by atoms with Gasteiger partial charge in [0.05, 0.1) is 26.2 Å². The number of carboxylic acid groups (broad SMARTS) is 1. The van der Waals surface area contributed by atoms with Gasteiger partial charge in [0.25, 0.3) is 0 Å². The molecule has 0 bridgehead atoms. The van der Waals surface area contributed by atoms with E-state index in [0.29, 0.717) is 45.1 Å². The van der Waals surface area contributed by atoms with E-state index < -0.39 is 122 Å². The van der Waals surface area contributed by atoms with Crippen LogP contribution in [0, 0.1) is 0 Å². The second-order valence-corrected chi connectivity index (χ2v) is 14.0. The Hall–Kier alpha value is -5.01. The Bertz CT molecular complexity index is 1420. The van der Waals surface area contributed by atoms with Gasteiger partial charge in [-0.05, 0) is 90.3 Å². The van der Waals surface area contributed by atoms with Crippen molar-refractivity contribution in [1.29, 1.82) is 0 Å². The molecule has 24 nitrogen and oxygen atoms in total. The highest BCUT2D eigenvalue weighted by Gasteiger charge is 2.40. The molecule has 0 aromatic carbocycles. The summed E-state index contributed by atoms with van der Waals surface area (Å²) in [7, 11) is 0. The highest BCUT2D eigenvalue weighted by molar-refractivity contribution is 5.98. The van der Waals surface area contributed by atoms with Gasteiger partial charge in [0.2, 0.25) is 47.3 Å². The van der Waals surface area contributed by atoms with Gasteiger partial charge >= 0.3 is 5.97 Å². The van der Waals surface area contributed by atoms with Crippen LogP contribution < -0.4 is 60.6 Å². The Balaban J connectivity index is 3.23. The summed E-state index contributed by atoms with van der Waals surface area (Å²) in [5.74, 6) is -8.50. The van der Waals surface area contributed by atoms with Gasteiger partial charge in [-0.3, -0.25) is 38.4 Å². The van der Waals surface area contributed by atoms with Crippen molar-refractivity contribution in [3.05, 3.63) is 0 Å². The Morgan fingerprint density at radius 1 is 0.576 bits per heavy atom. The van der Waals surface area contributed by atoms with E-state index >= 15 is 0 Å². The molecule has 1 fully saturated rings. The molecule has 7 atom stereocenters. The number of aliphatic hydroxyl groups excluding tert-OH is 2. The maximum atomic E-state index is 13.9. The predicted octanol–water partition coefficient (Wildman–Crippen LogP) is -6.82. The van der Waals surface area contributed by atoms with Crippen LogP contribution in [0.3, 0.4) is 0 Å². The molecule has 0 saturated carbocycles. The van der Waals surface area contributed by atoms with Crippen molar-refractivity contribution in [1.82, 2.24) is 36.8 Å². The number of amides is 8. The molecule has 1 aliphatic rings. The highest BCUT2D eigenvalue weighted by atomic mass is 16.4. The molecule has 0 spiro atoms. The van der Waals surface area contributed by atoms with Crippen LogP contribution >= 0.6 is 0 Å². The van der Waals surface area contributed by atoms with Crippen LogP contribution in [-0.4, -0.2) is 162 Å². The van der Waals surface area contributed by atoms with Crippen molar-refractivity contribution in [2.75, 3.05) is 45.9 Å².